The molecule has 0 heterocycles. The third kappa shape index (κ3) is 18.8. The lowest BCUT2D eigenvalue weighted by molar-refractivity contribution is 1.15. The molecule has 0 rings (SSSR count). The van der Waals surface area contributed by atoms with Crippen molar-refractivity contribution in [3.63, 3.8) is 0 Å². The molecule has 0 aromatic rings. The standard InChI is InChI=1S/C14H30S10/c15-1-3-19-5-7-21-13(9-17)11-23-24-12-14(10-18)22-8-6-20-4-2-16/h13-18H,1-12H2/t13-,14+. The summed E-state index contributed by atoms with van der Waals surface area (Å²) >= 11 is 25.6. The van der Waals surface area contributed by atoms with Crippen molar-refractivity contribution in [1.29, 1.82) is 0 Å². The van der Waals surface area contributed by atoms with Crippen molar-refractivity contribution in [2.75, 3.05) is 69.0 Å². The van der Waals surface area contributed by atoms with Crippen LogP contribution in [0.4, 0.5) is 0 Å². The summed E-state index contributed by atoms with van der Waals surface area (Å²) in [4.78, 5) is 0. The molecule has 2 atom stereocenters. The van der Waals surface area contributed by atoms with Crippen molar-refractivity contribution < 1.29 is 0 Å². The van der Waals surface area contributed by atoms with Gasteiger partial charge in [0, 0.05) is 68.0 Å². The smallest absolute Gasteiger partial charge is 0.0234 e. The van der Waals surface area contributed by atoms with E-state index in [2.05, 4.69) is 74.0 Å². The number of hydrogen-bond acceptors (Lipinski definition) is 10. The molecular weight excluding hydrogens is 489 g/mol. The number of rotatable bonds is 19. The van der Waals surface area contributed by atoms with Gasteiger partial charge in [-0.2, -0.15) is 97.6 Å². The van der Waals surface area contributed by atoms with Crippen molar-refractivity contribution in [3.05, 3.63) is 0 Å². The topological polar surface area (TPSA) is 0 Å². The predicted molar refractivity (Wildman–Crippen MR) is 147 cm³/mol. The van der Waals surface area contributed by atoms with Crippen molar-refractivity contribution in [2.45, 2.75) is 10.5 Å². The van der Waals surface area contributed by atoms with Crippen LogP contribution in [0.1, 0.15) is 0 Å². The molecule has 146 valence electrons. The molecule has 10 heteroatoms. The normalized spacial score (nSPS) is 14.0. The molecule has 0 saturated carbocycles. The lowest BCUT2D eigenvalue weighted by Gasteiger charge is -2.15. The van der Waals surface area contributed by atoms with Crippen molar-refractivity contribution in [2.24, 2.45) is 0 Å². The van der Waals surface area contributed by atoms with Crippen LogP contribution in [0.25, 0.3) is 0 Å². The summed E-state index contributed by atoms with van der Waals surface area (Å²) < 4.78 is 0. The van der Waals surface area contributed by atoms with Crippen molar-refractivity contribution in [3.8, 4) is 0 Å². The van der Waals surface area contributed by atoms with Crippen LogP contribution in [0.2, 0.25) is 0 Å². The predicted octanol–water partition coefficient (Wildman–Crippen LogP) is 5.76. The summed E-state index contributed by atoms with van der Waals surface area (Å²) in [5.41, 5.74) is 0. The number of thiol groups is 4. The van der Waals surface area contributed by atoms with E-state index in [-0.39, 0.29) is 0 Å². The van der Waals surface area contributed by atoms with Gasteiger partial charge in [0.15, 0.2) is 0 Å². The maximum atomic E-state index is 4.51. The van der Waals surface area contributed by atoms with Gasteiger partial charge >= 0.3 is 0 Å². The SMILES string of the molecule is SCCSCCS[C@H](CS)CSSC[C@H](CS)SCCSCCS. The zero-order chi connectivity index (χ0) is 17.9. The van der Waals surface area contributed by atoms with Crippen molar-refractivity contribution in [1.82, 2.24) is 0 Å². The molecule has 0 aliphatic carbocycles. The monoisotopic (exact) mass is 518 g/mol. The Kier molecular flexibility index (Phi) is 26.1. The molecule has 0 N–H and O–H groups in total. The second-order valence-electron chi connectivity index (χ2n) is 4.59. The van der Waals surface area contributed by atoms with E-state index in [1.165, 1.54) is 34.5 Å². The van der Waals surface area contributed by atoms with Gasteiger partial charge in [-0.05, 0) is 11.5 Å². The molecular formula is C14H30S10. The van der Waals surface area contributed by atoms with Crippen LogP contribution in [-0.2, 0) is 0 Å². The Morgan fingerprint density at radius 3 is 1.29 bits per heavy atom. The van der Waals surface area contributed by atoms with Gasteiger partial charge in [0.2, 0.25) is 0 Å². The van der Waals surface area contributed by atoms with E-state index < -0.39 is 0 Å². The Balaban J connectivity index is 3.59. The summed E-state index contributed by atoms with van der Waals surface area (Å²) in [5, 5.41) is 1.34. The second kappa shape index (κ2) is 22.8. The highest BCUT2D eigenvalue weighted by molar-refractivity contribution is 8.76. The first-order valence-electron chi connectivity index (χ1n) is 7.85. The minimum absolute atomic E-state index is 0.669. The maximum absolute atomic E-state index is 4.51. The van der Waals surface area contributed by atoms with Gasteiger partial charge < -0.3 is 0 Å². The molecule has 0 amide bonds. The molecule has 0 aromatic carbocycles. The van der Waals surface area contributed by atoms with Crippen LogP contribution >= 0.6 is 119 Å². The Morgan fingerprint density at radius 2 is 0.958 bits per heavy atom. The van der Waals surface area contributed by atoms with Gasteiger partial charge in [-0.1, -0.05) is 21.6 Å². The van der Waals surface area contributed by atoms with Gasteiger partial charge in [-0.15, -0.1) is 0 Å². The first-order chi connectivity index (χ1) is 11.8. The lowest BCUT2D eigenvalue weighted by Crippen LogP contribution is -2.11. The average molecular weight is 519 g/mol. The molecule has 0 bridgehead atoms. The van der Waals surface area contributed by atoms with Crippen LogP contribution in [0, 0.1) is 0 Å². The van der Waals surface area contributed by atoms with E-state index in [0.29, 0.717) is 10.5 Å². The van der Waals surface area contributed by atoms with Gasteiger partial charge in [0.1, 0.15) is 0 Å². The highest BCUT2D eigenvalue weighted by Gasteiger charge is 2.11. The van der Waals surface area contributed by atoms with E-state index in [0.717, 1.165) is 34.5 Å². The summed E-state index contributed by atoms with van der Waals surface area (Å²) in [7, 11) is 4.02. The minimum atomic E-state index is 0.669. The van der Waals surface area contributed by atoms with E-state index in [9.17, 15) is 0 Å². The third-order valence-electron chi connectivity index (χ3n) is 2.63. The molecule has 24 heavy (non-hydrogen) atoms. The number of thioether (sulfide) groups is 4. The van der Waals surface area contributed by atoms with E-state index >= 15 is 0 Å². The largest absolute Gasteiger partial charge is 0.179 e. The highest BCUT2D eigenvalue weighted by Crippen LogP contribution is 2.30. The molecule has 0 unspecified atom stereocenters. The van der Waals surface area contributed by atoms with Crippen molar-refractivity contribution >= 4 is 119 Å². The van der Waals surface area contributed by atoms with Gasteiger partial charge in [-0.3, -0.25) is 0 Å². The van der Waals surface area contributed by atoms with Crippen LogP contribution < -0.4 is 0 Å². The molecule has 0 aromatic heterocycles. The second-order valence-corrected chi connectivity index (χ2v) is 14.0. The zero-order valence-electron chi connectivity index (χ0n) is 13.9. The van der Waals surface area contributed by atoms with Crippen LogP contribution in [-0.4, -0.2) is 79.5 Å². The summed E-state index contributed by atoms with van der Waals surface area (Å²) in [6.07, 6.45) is 0. The third-order valence-corrected chi connectivity index (χ3v) is 13.0. The number of hydrogen-bond donors (Lipinski definition) is 4. The fraction of sp³-hybridized carbons (Fsp3) is 1.00. The van der Waals surface area contributed by atoms with E-state index in [1.54, 1.807) is 0 Å². The minimum Gasteiger partial charge on any atom is -0.179 e. The summed E-state index contributed by atoms with van der Waals surface area (Å²) in [6, 6.07) is 0. The van der Waals surface area contributed by atoms with Gasteiger partial charge in [0.05, 0.1) is 0 Å². The molecule has 0 saturated heterocycles. The molecule has 0 spiro atoms. The Hall–Kier alpha value is 3.50. The van der Waals surface area contributed by atoms with Crippen LogP contribution in [0.15, 0.2) is 0 Å². The first kappa shape index (κ1) is 27.5. The fourth-order valence-electron chi connectivity index (χ4n) is 1.44. The maximum Gasteiger partial charge on any atom is 0.0234 e. The summed E-state index contributed by atoms with van der Waals surface area (Å²) in [5.74, 6) is 13.5. The molecule has 0 aliphatic rings. The van der Waals surface area contributed by atoms with E-state index in [1.807, 2.05) is 45.1 Å². The first-order valence-corrected chi connectivity index (χ1v) is 17.3. The average Bonchev–Trinajstić information content (AvgIpc) is 2.61. The summed E-state index contributed by atoms with van der Waals surface area (Å²) in [6.45, 7) is 0. The Labute approximate surface area is 196 Å². The Bertz CT molecular complexity index is 220. The van der Waals surface area contributed by atoms with Gasteiger partial charge in [0.25, 0.3) is 0 Å². The van der Waals surface area contributed by atoms with Crippen LogP contribution in [0.5, 0.6) is 0 Å². The molecule has 0 radical (unpaired) electrons. The molecule has 0 fully saturated rings. The zero-order valence-corrected chi connectivity index (χ0v) is 22.4. The quantitative estimate of drug-likeness (QED) is 0.0968. The molecule has 0 nitrogen and oxygen atoms in total. The lowest BCUT2D eigenvalue weighted by atomic mass is 10.5. The fourth-order valence-corrected chi connectivity index (χ4v) is 10.7. The van der Waals surface area contributed by atoms with Crippen LogP contribution in [0.3, 0.4) is 0 Å². The highest BCUT2D eigenvalue weighted by atomic mass is 33.1. The van der Waals surface area contributed by atoms with Gasteiger partial charge in [-0.25, -0.2) is 0 Å². The Morgan fingerprint density at radius 1 is 0.542 bits per heavy atom. The van der Waals surface area contributed by atoms with E-state index in [4.69, 9.17) is 0 Å². The molecule has 0 aliphatic heterocycles.